The first-order valence-electron chi connectivity index (χ1n) is 16.6. The summed E-state index contributed by atoms with van der Waals surface area (Å²) in [6, 6.07) is 27.6. The van der Waals surface area contributed by atoms with Gasteiger partial charge in [-0.25, -0.2) is 4.39 Å². The zero-order valence-electron chi connectivity index (χ0n) is 27.7. The van der Waals surface area contributed by atoms with Gasteiger partial charge in [-0.2, -0.15) is 0 Å². The molecule has 48 heavy (non-hydrogen) atoms. The normalized spacial score (nSPS) is 19.3. The molecular weight excluding hydrogens is 607 g/mol. The van der Waals surface area contributed by atoms with Crippen molar-refractivity contribution in [2.45, 2.75) is 44.4 Å². The number of aliphatic imine (C=N–C) groups is 1. The molecule has 5 rings (SSSR count). The molecule has 2 heterocycles. The van der Waals surface area contributed by atoms with Crippen LogP contribution in [0.2, 0.25) is 0 Å². The molecule has 0 aliphatic carbocycles. The monoisotopic (exact) mass is 650 g/mol. The molecule has 0 radical (unpaired) electrons. The highest BCUT2D eigenvalue weighted by molar-refractivity contribution is 6.05. The SMILES string of the molecule is CC(=O)C1C(C)=NC(COCCN=[N+]=[N-])=C(N(C=O)CCCN2CCC(c3ccccc3)(c3ccccc3)CC2)C1c1ccc(F)cc1. The number of nitrogens with zero attached hydrogens (tertiary/aromatic N) is 6. The van der Waals surface area contributed by atoms with Gasteiger partial charge in [-0.3, -0.25) is 14.6 Å². The van der Waals surface area contributed by atoms with E-state index in [1.54, 1.807) is 24.0 Å². The predicted molar refractivity (Wildman–Crippen MR) is 185 cm³/mol. The maximum Gasteiger partial charge on any atom is 0.213 e. The number of halogens is 1. The van der Waals surface area contributed by atoms with Crippen molar-refractivity contribution in [1.82, 2.24) is 9.80 Å². The lowest BCUT2D eigenvalue weighted by molar-refractivity contribution is -0.120. The van der Waals surface area contributed by atoms with E-state index >= 15 is 0 Å². The van der Waals surface area contributed by atoms with Crippen LogP contribution in [0, 0.1) is 11.7 Å². The van der Waals surface area contributed by atoms with Crippen LogP contribution >= 0.6 is 0 Å². The number of benzene rings is 3. The molecule has 1 saturated heterocycles. The third kappa shape index (κ3) is 7.90. The van der Waals surface area contributed by atoms with Crippen molar-refractivity contribution >= 4 is 17.9 Å². The first-order chi connectivity index (χ1) is 23.4. The van der Waals surface area contributed by atoms with Gasteiger partial charge in [-0.15, -0.1) is 0 Å². The van der Waals surface area contributed by atoms with Gasteiger partial charge in [0.2, 0.25) is 6.41 Å². The fourth-order valence-electron chi connectivity index (χ4n) is 7.35. The summed E-state index contributed by atoms with van der Waals surface area (Å²) in [6.45, 7) is 6.77. The summed E-state index contributed by atoms with van der Waals surface area (Å²) < 4.78 is 19.8. The number of piperidine rings is 1. The molecule has 9 nitrogen and oxygen atoms in total. The Hall–Kier alpha value is -4.63. The summed E-state index contributed by atoms with van der Waals surface area (Å²) in [5.74, 6) is -1.64. The Morgan fingerprint density at radius 2 is 1.69 bits per heavy atom. The second kappa shape index (κ2) is 16.5. The highest BCUT2D eigenvalue weighted by Gasteiger charge is 2.40. The average Bonchev–Trinajstić information content (AvgIpc) is 3.11. The summed E-state index contributed by atoms with van der Waals surface area (Å²) >= 11 is 0. The Bertz CT molecular complexity index is 1610. The second-order valence-electron chi connectivity index (χ2n) is 12.5. The number of carbonyl (C=O) groups is 2. The fourth-order valence-corrected chi connectivity index (χ4v) is 7.35. The summed E-state index contributed by atoms with van der Waals surface area (Å²) in [4.78, 5) is 37.5. The predicted octanol–water partition coefficient (Wildman–Crippen LogP) is 7.06. The summed E-state index contributed by atoms with van der Waals surface area (Å²) in [7, 11) is 0. The Morgan fingerprint density at radius 1 is 1.06 bits per heavy atom. The van der Waals surface area contributed by atoms with Crippen LogP contribution in [0.3, 0.4) is 0 Å². The number of likely N-dealkylation sites (tertiary alicyclic amines) is 1. The van der Waals surface area contributed by atoms with Gasteiger partial charge in [0.1, 0.15) is 11.6 Å². The van der Waals surface area contributed by atoms with Crippen LogP contribution in [0.25, 0.3) is 10.4 Å². The van der Waals surface area contributed by atoms with E-state index in [2.05, 4.69) is 75.6 Å². The third-order valence-corrected chi connectivity index (χ3v) is 9.66. The minimum absolute atomic E-state index is 0.0475. The van der Waals surface area contributed by atoms with E-state index in [1.165, 1.54) is 30.2 Å². The van der Waals surface area contributed by atoms with Crippen LogP contribution in [0.5, 0.6) is 0 Å². The Balaban J connectivity index is 1.35. The van der Waals surface area contributed by atoms with Crippen LogP contribution in [0.4, 0.5) is 4.39 Å². The van der Waals surface area contributed by atoms with E-state index in [4.69, 9.17) is 15.3 Å². The van der Waals surface area contributed by atoms with E-state index in [0.29, 0.717) is 35.6 Å². The zero-order chi connectivity index (χ0) is 33.9. The summed E-state index contributed by atoms with van der Waals surface area (Å²) in [6.07, 6.45) is 3.48. The Morgan fingerprint density at radius 3 is 2.25 bits per heavy atom. The van der Waals surface area contributed by atoms with Gasteiger partial charge in [0.05, 0.1) is 30.5 Å². The minimum Gasteiger partial charge on any atom is -0.375 e. The van der Waals surface area contributed by atoms with Gasteiger partial charge in [-0.1, -0.05) is 77.9 Å². The number of allylic oxidation sites excluding steroid dienone is 1. The number of azide groups is 1. The van der Waals surface area contributed by atoms with Crippen molar-refractivity contribution in [3.63, 3.8) is 0 Å². The number of rotatable bonds is 15. The number of carbonyl (C=O) groups excluding carboxylic acids is 2. The van der Waals surface area contributed by atoms with Gasteiger partial charge in [0, 0.05) is 35.0 Å². The zero-order valence-corrected chi connectivity index (χ0v) is 27.7. The number of ether oxygens (including phenoxy) is 1. The maximum atomic E-state index is 14.0. The molecule has 2 unspecified atom stereocenters. The molecule has 3 aromatic rings. The Labute approximate surface area is 281 Å². The second-order valence-corrected chi connectivity index (χ2v) is 12.5. The van der Waals surface area contributed by atoms with Gasteiger partial charge < -0.3 is 14.5 Å². The lowest BCUT2D eigenvalue weighted by Gasteiger charge is -2.43. The highest BCUT2D eigenvalue weighted by Crippen LogP contribution is 2.43. The molecule has 3 aromatic carbocycles. The smallest absolute Gasteiger partial charge is 0.213 e. The maximum absolute atomic E-state index is 14.0. The summed E-state index contributed by atoms with van der Waals surface area (Å²) in [5, 5.41) is 3.53. The topological polar surface area (TPSA) is 111 Å². The largest absolute Gasteiger partial charge is 0.375 e. The number of hydrogen-bond acceptors (Lipinski definition) is 6. The van der Waals surface area contributed by atoms with E-state index in [9.17, 15) is 14.0 Å². The van der Waals surface area contributed by atoms with Crippen molar-refractivity contribution < 1.29 is 18.7 Å². The fraction of sp³-hybridized carbons (Fsp3) is 0.395. The Kier molecular flexibility index (Phi) is 11.9. The van der Waals surface area contributed by atoms with Crippen LogP contribution in [0.1, 0.15) is 55.7 Å². The lowest BCUT2D eigenvalue weighted by atomic mass is 9.68. The van der Waals surface area contributed by atoms with E-state index < -0.39 is 11.8 Å². The van der Waals surface area contributed by atoms with Crippen molar-refractivity contribution in [3.8, 4) is 0 Å². The molecule has 2 atom stereocenters. The quantitative estimate of drug-likeness (QED) is 0.0577. The molecule has 2 aliphatic heterocycles. The van der Waals surface area contributed by atoms with Gasteiger partial charge in [0.25, 0.3) is 0 Å². The van der Waals surface area contributed by atoms with Crippen LogP contribution < -0.4 is 0 Å². The van der Waals surface area contributed by atoms with E-state index in [0.717, 1.165) is 38.9 Å². The first-order valence-corrected chi connectivity index (χ1v) is 16.6. The molecule has 10 heteroatoms. The molecule has 250 valence electrons. The highest BCUT2D eigenvalue weighted by atomic mass is 19.1. The molecule has 0 bridgehead atoms. The minimum atomic E-state index is -0.619. The van der Waals surface area contributed by atoms with Crippen LogP contribution in [-0.2, 0) is 19.7 Å². The molecular formula is C38H43FN6O3. The van der Waals surface area contributed by atoms with Crippen molar-refractivity contribution in [2.24, 2.45) is 16.0 Å². The van der Waals surface area contributed by atoms with Crippen molar-refractivity contribution in [1.29, 1.82) is 0 Å². The number of hydrogen-bond donors (Lipinski definition) is 0. The number of ketones is 1. The lowest BCUT2D eigenvalue weighted by Crippen LogP contribution is -2.44. The van der Waals surface area contributed by atoms with Crippen molar-refractivity contribution in [2.75, 3.05) is 45.9 Å². The van der Waals surface area contributed by atoms with E-state index in [-0.39, 0.29) is 36.8 Å². The van der Waals surface area contributed by atoms with Crippen LogP contribution in [0.15, 0.2) is 106 Å². The molecule has 0 aromatic heterocycles. The van der Waals surface area contributed by atoms with Gasteiger partial charge in [0.15, 0.2) is 0 Å². The van der Waals surface area contributed by atoms with Gasteiger partial charge >= 0.3 is 0 Å². The average molecular weight is 651 g/mol. The molecule has 0 N–H and O–H groups in total. The third-order valence-electron chi connectivity index (χ3n) is 9.66. The summed E-state index contributed by atoms with van der Waals surface area (Å²) in [5.41, 5.74) is 13.7. The molecule has 1 fully saturated rings. The van der Waals surface area contributed by atoms with E-state index in [1.807, 2.05) is 0 Å². The number of amides is 1. The van der Waals surface area contributed by atoms with Crippen molar-refractivity contribution in [3.05, 3.63) is 129 Å². The molecule has 0 spiro atoms. The standard InChI is InChI=1S/C38H43FN6O3/c1-28-35(29(2)47)36(30-14-16-33(39)17-15-30)37(34(42-28)26-48-25-20-41-43-40)45(27-46)22-9-21-44-23-18-38(19-24-44,31-10-5-3-6-11-31)32-12-7-4-8-13-32/h3-8,10-17,27,35-36H,9,18-26H2,1-2H3. The molecule has 2 aliphatic rings. The van der Waals surface area contributed by atoms with Crippen LogP contribution in [-0.4, -0.2) is 73.6 Å². The number of Topliss-reactive ketones (excluding diaryl/α,β-unsaturated/α-hetero) is 1. The molecule has 1 amide bonds. The molecule has 0 saturated carbocycles. The first kappa shape index (κ1) is 34.7. The van der Waals surface area contributed by atoms with Gasteiger partial charge in [-0.05, 0) is 87.1 Å².